The second kappa shape index (κ2) is 13.8. The van der Waals surface area contributed by atoms with E-state index in [1.54, 1.807) is 12.1 Å². The summed E-state index contributed by atoms with van der Waals surface area (Å²) in [5.74, 6) is -0.275. The molecule has 0 unspecified atom stereocenters. The Bertz CT molecular complexity index is 1500. The van der Waals surface area contributed by atoms with Crippen LogP contribution in [0.15, 0.2) is 72.9 Å². The van der Waals surface area contributed by atoms with Gasteiger partial charge in [-0.05, 0) is 65.9 Å². The van der Waals surface area contributed by atoms with Crippen molar-refractivity contribution in [2.75, 3.05) is 6.61 Å². The largest absolute Gasteiger partial charge is 0.494 e. The Hall–Kier alpha value is -4.07. The van der Waals surface area contributed by atoms with Gasteiger partial charge in [0.05, 0.1) is 17.3 Å². The summed E-state index contributed by atoms with van der Waals surface area (Å²) in [6, 6.07) is 21.0. The van der Waals surface area contributed by atoms with E-state index in [-0.39, 0.29) is 12.8 Å². The van der Waals surface area contributed by atoms with Gasteiger partial charge >= 0.3 is 11.9 Å². The van der Waals surface area contributed by atoms with E-state index < -0.39 is 11.9 Å². The molecule has 0 spiro atoms. The molecule has 1 aromatic heterocycles. The molecule has 0 aliphatic heterocycles. The van der Waals surface area contributed by atoms with Gasteiger partial charge in [0.15, 0.2) is 0 Å². The van der Waals surface area contributed by atoms with Crippen molar-refractivity contribution in [1.82, 2.24) is 9.55 Å². The molecule has 0 aliphatic rings. The number of benzene rings is 3. The predicted octanol–water partition coefficient (Wildman–Crippen LogP) is 7.80. The minimum absolute atomic E-state index is 0.0671. The number of rotatable bonds is 13. The highest BCUT2D eigenvalue weighted by molar-refractivity contribution is 6.36. The molecule has 1 heterocycles. The molecule has 0 aliphatic carbocycles. The minimum Gasteiger partial charge on any atom is -0.494 e. The van der Waals surface area contributed by atoms with Crippen molar-refractivity contribution < 1.29 is 24.5 Å². The fourth-order valence-corrected chi connectivity index (χ4v) is 4.59. The van der Waals surface area contributed by atoms with Crippen LogP contribution in [0.4, 0.5) is 0 Å². The highest BCUT2D eigenvalue weighted by atomic mass is 35.5. The molecule has 0 radical (unpaired) electrons. The molecule has 4 rings (SSSR count). The minimum atomic E-state index is -0.837. The lowest BCUT2D eigenvalue weighted by atomic mass is 10.0. The Kier molecular flexibility index (Phi) is 10.00. The summed E-state index contributed by atoms with van der Waals surface area (Å²) in [6.45, 7) is 0.862. The number of nitrogens with zero attached hydrogens (tertiary/aromatic N) is 2. The lowest BCUT2D eigenvalue weighted by Gasteiger charge is -2.07. The third kappa shape index (κ3) is 8.21. The Morgan fingerprint density at radius 2 is 1.50 bits per heavy atom. The van der Waals surface area contributed by atoms with Crippen LogP contribution in [0.25, 0.3) is 34.5 Å². The number of aliphatic carboxylic acids is 2. The van der Waals surface area contributed by atoms with E-state index in [1.807, 2.05) is 77.5 Å². The molecule has 9 heteroatoms. The van der Waals surface area contributed by atoms with E-state index in [0.717, 1.165) is 22.3 Å². The van der Waals surface area contributed by atoms with Crippen LogP contribution in [-0.4, -0.2) is 38.3 Å². The number of carboxylic acids is 2. The Labute approximate surface area is 242 Å². The fraction of sp³-hybridized carbons (Fsp3) is 0.194. The van der Waals surface area contributed by atoms with Crippen LogP contribution in [0.3, 0.4) is 0 Å². The standard InChI is InChI=1S/C31H28Cl2N2O5/c32-24-12-15-26(27(33)19-24)28-20-35(17-1-3-30(36)37)29(34-28)16-7-21-5-8-22(9-6-21)23-10-13-25(14-11-23)40-18-2-4-31(38)39/h5-16,19-20H,1-4,17-18H2,(H,36,37)(H,38,39). The average Bonchev–Trinajstić information content (AvgIpc) is 3.32. The number of carboxylic acid groups (broad SMARTS) is 2. The predicted molar refractivity (Wildman–Crippen MR) is 158 cm³/mol. The monoisotopic (exact) mass is 578 g/mol. The number of aromatic nitrogens is 2. The number of hydrogen-bond donors (Lipinski definition) is 2. The van der Waals surface area contributed by atoms with Crippen LogP contribution in [0, 0.1) is 0 Å². The van der Waals surface area contributed by atoms with E-state index >= 15 is 0 Å². The van der Waals surface area contributed by atoms with E-state index in [2.05, 4.69) is 0 Å². The number of carbonyl (C=O) groups is 2. The van der Waals surface area contributed by atoms with Crippen LogP contribution in [-0.2, 0) is 16.1 Å². The second-order valence-corrected chi connectivity index (χ2v) is 9.97. The lowest BCUT2D eigenvalue weighted by Crippen LogP contribution is -2.02. The van der Waals surface area contributed by atoms with Crippen molar-refractivity contribution in [3.63, 3.8) is 0 Å². The maximum Gasteiger partial charge on any atom is 0.303 e. The molecule has 0 amide bonds. The van der Waals surface area contributed by atoms with E-state index in [0.29, 0.717) is 53.3 Å². The summed E-state index contributed by atoms with van der Waals surface area (Å²) >= 11 is 12.4. The maximum atomic E-state index is 11.0. The van der Waals surface area contributed by atoms with Gasteiger partial charge in [0.1, 0.15) is 11.6 Å². The van der Waals surface area contributed by atoms with Gasteiger partial charge in [0, 0.05) is 36.2 Å². The highest BCUT2D eigenvalue weighted by Crippen LogP contribution is 2.30. The topological polar surface area (TPSA) is 102 Å². The lowest BCUT2D eigenvalue weighted by molar-refractivity contribution is -0.138. The van der Waals surface area contributed by atoms with E-state index in [1.165, 1.54) is 0 Å². The van der Waals surface area contributed by atoms with Gasteiger partial charge in [-0.2, -0.15) is 0 Å². The van der Waals surface area contributed by atoms with Crippen LogP contribution < -0.4 is 4.74 Å². The molecule has 40 heavy (non-hydrogen) atoms. The van der Waals surface area contributed by atoms with Crippen molar-refractivity contribution >= 4 is 47.3 Å². The summed E-state index contributed by atoms with van der Waals surface area (Å²) in [5.41, 5.74) is 4.49. The maximum absolute atomic E-state index is 11.0. The molecular formula is C31H28Cl2N2O5. The molecule has 3 aromatic carbocycles. The first kappa shape index (κ1) is 28.9. The molecule has 2 N–H and O–H groups in total. The molecule has 0 fully saturated rings. The number of aryl methyl sites for hydroxylation is 1. The van der Waals surface area contributed by atoms with Gasteiger partial charge in [0.25, 0.3) is 0 Å². The van der Waals surface area contributed by atoms with Crippen molar-refractivity contribution in [3.8, 4) is 28.1 Å². The third-order valence-corrected chi connectivity index (χ3v) is 6.68. The second-order valence-electron chi connectivity index (χ2n) is 9.12. The Morgan fingerprint density at radius 3 is 2.15 bits per heavy atom. The van der Waals surface area contributed by atoms with Crippen LogP contribution in [0.1, 0.15) is 37.1 Å². The normalized spacial score (nSPS) is 11.2. The zero-order chi connectivity index (χ0) is 28.5. The number of imidazole rings is 1. The van der Waals surface area contributed by atoms with Gasteiger partial charge in [0.2, 0.25) is 0 Å². The molecule has 206 valence electrons. The molecule has 0 saturated carbocycles. The fourth-order valence-electron chi connectivity index (χ4n) is 4.08. The van der Waals surface area contributed by atoms with Gasteiger partial charge in [-0.3, -0.25) is 9.59 Å². The number of hydrogen-bond acceptors (Lipinski definition) is 4. The van der Waals surface area contributed by atoms with Crippen molar-refractivity contribution in [3.05, 3.63) is 94.4 Å². The molecule has 4 aromatic rings. The molecule has 0 saturated heterocycles. The summed E-state index contributed by atoms with van der Waals surface area (Å²) in [4.78, 5) is 26.4. The smallest absolute Gasteiger partial charge is 0.303 e. The van der Waals surface area contributed by atoms with Crippen LogP contribution in [0.5, 0.6) is 5.75 Å². The number of halogens is 2. The summed E-state index contributed by atoms with van der Waals surface area (Å²) in [5, 5.41) is 18.8. The van der Waals surface area contributed by atoms with Gasteiger partial charge in [-0.25, -0.2) is 4.98 Å². The first-order chi connectivity index (χ1) is 19.3. The molecular weight excluding hydrogens is 551 g/mol. The van der Waals surface area contributed by atoms with Crippen LogP contribution >= 0.6 is 23.2 Å². The average molecular weight is 579 g/mol. The molecule has 7 nitrogen and oxygen atoms in total. The van der Waals surface area contributed by atoms with Crippen molar-refractivity contribution in [1.29, 1.82) is 0 Å². The zero-order valence-corrected chi connectivity index (χ0v) is 23.1. The molecule has 0 bridgehead atoms. The van der Waals surface area contributed by atoms with E-state index in [4.69, 9.17) is 43.1 Å². The van der Waals surface area contributed by atoms with Crippen LogP contribution in [0.2, 0.25) is 10.0 Å². The zero-order valence-electron chi connectivity index (χ0n) is 21.6. The summed E-state index contributed by atoms with van der Waals surface area (Å²) in [7, 11) is 0. The Balaban J connectivity index is 1.46. The molecule has 0 atom stereocenters. The van der Waals surface area contributed by atoms with Gasteiger partial charge < -0.3 is 19.5 Å². The van der Waals surface area contributed by atoms with Gasteiger partial charge in [-0.15, -0.1) is 0 Å². The van der Waals surface area contributed by atoms with Gasteiger partial charge in [-0.1, -0.05) is 65.7 Å². The first-order valence-electron chi connectivity index (χ1n) is 12.8. The Morgan fingerprint density at radius 1 is 0.850 bits per heavy atom. The first-order valence-corrected chi connectivity index (χ1v) is 13.5. The summed E-state index contributed by atoms with van der Waals surface area (Å²) < 4.78 is 7.54. The summed E-state index contributed by atoms with van der Waals surface area (Å²) in [6.07, 6.45) is 6.83. The van der Waals surface area contributed by atoms with Crippen molar-refractivity contribution in [2.24, 2.45) is 0 Å². The van der Waals surface area contributed by atoms with E-state index in [9.17, 15) is 9.59 Å². The number of ether oxygens (including phenoxy) is 1. The quantitative estimate of drug-likeness (QED) is 0.157. The highest BCUT2D eigenvalue weighted by Gasteiger charge is 2.12. The third-order valence-electron chi connectivity index (χ3n) is 6.13. The SMILES string of the molecule is O=C(O)CCCOc1ccc(-c2ccc(C=Cc3nc(-c4ccc(Cl)cc4Cl)cn3CCCC(=O)O)cc2)cc1. The van der Waals surface area contributed by atoms with Crippen molar-refractivity contribution in [2.45, 2.75) is 32.2 Å².